The van der Waals surface area contributed by atoms with Gasteiger partial charge in [0, 0.05) is 61.8 Å². The predicted molar refractivity (Wildman–Crippen MR) is 120 cm³/mol. The van der Waals surface area contributed by atoms with Gasteiger partial charge in [0.2, 0.25) is 0 Å². The predicted octanol–water partition coefficient (Wildman–Crippen LogP) is 3.25. The smallest absolute Gasteiger partial charge is 0.317 e. The van der Waals surface area contributed by atoms with Crippen LogP contribution < -0.4 is 10.2 Å². The molecule has 1 N–H and O–H groups in total. The van der Waals surface area contributed by atoms with Crippen LogP contribution in [0.3, 0.4) is 0 Å². The molecule has 0 radical (unpaired) electrons. The fourth-order valence-corrected chi connectivity index (χ4v) is 4.47. The van der Waals surface area contributed by atoms with E-state index in [1.165, 1.54) is 19.3 Å². The molecule has 3 aromatic heterocycles. The van der Waals surface area contributed by atoms with E-state index in [1.54, 1.807) is 24.8 Å². The second-order valence-electron chi connectivity index (χ2n) is 8.26. The first-order valence-corrected chi connectivity index (χ1v) is 11.1. The zero-order valence-electron chi connectivity index (χ0n) is 17.6. The highest BCUT2D eigenvalue weighted by molar-refractivity contribution is 5.90. The molecule has 3 aromatic rings. The molecule has 5 rings (SSSR count). The molecule has 8 heteroatoms. The van der Waals surface area contributed by atoms with Crippen molar-refractivity contribution in [2.24, 2.45) is 0 Å². The van der Waals surface area contributed by atoms with Crippen LogP contribution in [-0.2, 0) is 0 Å². The summed E-state index contributed by atoms with van der Waals surface area (Å²) in [5.74, 6) is 1.56. The number of amides is 2. The highest BCUT2D eigenvalue weighted by Crippen LogP contribution is 2.27. The summed E-state index contributed by atoms with van der Waals surface area (Å²) in [5, 5.41) is 4.21. The van der Waals surface area contributed by atoms with Crippen molar-refractivity contribution in [1.82, 2.24) is 30.2 Å². The number of hydrogen-bond acceptors (Lipinski definition) is 6. The number of anilines is 1. The lowest BCUT2D eigenvalue weighted by molar-refractivity contribution is 0.186. The van der Waals surface area contributed by atoms with Crippen molar-refractivity contribution in [3.63, 3.8) is 0 Å². The molecule has 0 bridgehead atoms. The van der Waals surface area contributed by atoms with Crippen LogP contribution in [0.1, 0.15) is 32.1 Å². The van der Waals surface area contributed by atoms with Crippen LogP contribution in [0.5, 0.6) is 0 Å². The molecule has 1 saturated heterocycles. The van der Waals surface area contributed by atoms with Crippen molar-refractivity contribution in [3.05, 3.63) is 43.0 Å². The van der Waals surface area contributed by atoms with E-state index >= 15 is 0 Å². The van der Waals surface area contributed by atoms with Gasteiger partial charge < -0.3 is 15.1 Å². The zero-order chi connectivity index (χ0) is 21.0. The van der Waals surface area contributed by atoms with E-state index in [9.17, 15) is 4.79 Å². The number of nitrogens with one attached hydrogen (secondary N) is 1. The van der Waals surface area contributed by atoms with Crippen molar-refractivity contribution in [2.45, 2.75) is 38.1 Å². The van der Waals surface area contributed by atoms with Crippen LogP contribution in [-0.4, -0.2) is 63.1 Å². The summed E-state index contributed by atoms with van der Waals surface area (Å²) in [7, 11) is 0. The molecule has 0 atom stereocenters. The van der Waals surface area contributed by atoms with Crippen molar-refractivity contribution < 1.29 is 4.79 Å². The minimum atomic E-state index is 0.0702. The van der Waals surface area contributed by atoms with Gasteiger partial charge in [-0.1, -0.05) is 19.3 Å². The van der Waals surface area contributed by atoms with Gasteiger partial charge in [-0.3, -0.25) is 9.97 Å². The number of pyridine rings is 2. The van der Waals surface area contributed by atoms with Gasteiger partial charge in [0.05, 0.1) is 11.7 Å². The second-order valence-corrected chi connectivity index (χ2v) is 8.26. The molecule has 8 nitrogen and oxygen atoms in total. The van der Waals surface area contributed by atoms with E-state index in [0.29, 0.717) is 25.0 Å². The number of carbonyl (C=O) groups excluding carboxylic acids is 1. The second kappa shape index (κ2) is 8.83. The van der Waals surface area contributed by atoms with Gasteiger partial charge in [-0.25, -0.2) is 14.8 Å². The fraction of sp³-hybridized carbons (Fsp3) is 0.435. The molecule has 2 fully saturated rings. The SMILES string of the molecule is O=C(NC1CCCCC1)N1CCN(c2nc(-c3ccncc3)nc3cnccc23)CC1. The quantitative estimate of drug-likeness (QED) is 0.704. The molecule has 1 aliphatic heterocycles. The van der Waals surface area contributed by atoms with Crippen molar-refractivity contribution >= 4 is 22.8 Å². The number of hydrogen-bond donors (Lipinski definition) is 1. The Kier molecular flexibility index (Phi) is 5.60. The normalized spacial score (nSPS) is 17.7. The molecule has 0 aromatic carbocycles. The Balaban J connectivity index is 1.34. The molecule has 31 heavy (non-hydrogen) atoms. The first kappa shape index (κ1) is 19.7. The van der Waals surface area contributed by atoms with Crippen LogP contribution in [0.4, 0.5) is 10.6 Å². The topological polar surface area (TPSA) is 87.1 Å². The molecule has 1 saturated carbocycles. The average molecular weight is 418 g/mol. The minimum absolute atomic E-state index is 0.0702. The van der Waals surface area contributed by atoms with Gasteiger partial charge in [-0.15, -0.1) is 0 Å². The zero-order valence-corrected chi connectivity index (χ0v) is 17.6. The fourth-order valence-electron chi connectivity index (χ4n) is 4.47. The van der Waals surface area contributed by atoms with Gasteiger partial charge in [0.15, 0.2) is 5.82 Å². The lowest BCUT2D eigenvalue weighted by Crippen LogP contribution is -2.54. The van der Waals surface area contributed by atoms with E-state index in [4.69, 9.17) is 9.97 Å². The Labute approximate surface area is 181 Å². The molecule has 2 amide bonds. The van der Waals surface area contributed by atoms with Gasteiger partial charge >= 0.3 is 6.03 Å². The van der Waals surface area contributed by atoms with Crippen LogP contribution in [0.25, 0.3) is 22.3 Å². The molecule has 160 valence electrons. The van der Waals surface area contributed by atoms with Crippen LogP contribution in [0, 0.1) is 0 Å². The van der Waals surface area contributed by atoms with Crippen molar-refractivity contribution in [2.75, 3.05) is 31.1 Å². The molecule has 1 aliphatic carbocycles. The summed E-state index contributed by atoms with van der Waals surface area (Å²) >= 11 is 0. The highest BCUT2D eigenvalue weighted by atomic mass is 16.2. The third kappa shape index (κ3) is 4.28. The van der Waals surface area contributed by atoms with Gasteiger partial charge in [0.1, 0.15) is 5.82 Å². The largest absolute Gasteiger partial charge is 0.352 e. The van der Waals surface area contributed by atoms with Gasteiger partial charge in [-0.05, 0) is 31.0 Å². The highest BCUT2D eigenvalue weighted by Gasteiger charge is 2.25. The van der Waals surface area contributed by atoms with Crippen LogP contribution in [0.15, 0.2) is 43.0 Å². The van der Waals surface area contributed by atoms with E-state index in [2.05, 4.69) is 20.2 Å². The number of rotatable bonds is 3. The first-order chi connectivity index (χ1) is 15.3. The lowest BCUT2D eigenvalue weighted by Gasteiger charge is -2.37. The molecule has 0 spiro atoms. The van der Waals surface area contributed by atoms with Crippen molar-refractivity contribution in [3.8, 4) is 11.4 Å². The molecule has 2 aliphatic rings. The Bertz CT molecular complexity index is 1040. The number of piperazine rings is 1. The summed E-state index contributed by atoms with van der Waals surface area (Å²) in [6, 6.07) is 6.19. The molecule has 4 heterocycles. The van der Waals surface area contributed by atoms with E-state index in [-0.39, 0.29) is 6.03 Å². The summed E-state index contributed by atoms with van der Waals surface area (Å²) in [6.07, 6.45) is 13.0. The maximum atomic E-state index is 12.7. The van der Waals surface area contributed by atoms with Crippen molar-refractivity contribution in [1.29, 1.82) is 0 Å². The third-order valence-corrected chi connectivity index (χ3v) is 6.22. The van der Waals surface area contributed by atoms with Gasteiger partial charge in [0.25, 0.3) is 0 Å². The Hall–Kier alpha value is -3.29. The Morgan fingerprint density at radius 1 is 0.903 bits per heavy atom. The first-order valence-electron chi connectivity index (χ1n) is 11.1. The maximum Gasteiger partial charge on any atom is 0.317 e. The Morgan fingerprint density at radius 2 is 1.65 bits per heavy atom. The summed E-state index contributed by atoms with van der Waals surface area (Å²) in [4.78, 5) is 34.8. The number of fused-ring (bicyclic) bond motifs is 1. The number of aromatic nitrogens is 4. The summed E-state index contributed by atoms with van der Waals surface area (Å²) in [5.41, 5.74) is 1.74. The number of urea groups is 1. The average Bonchev–Trinajstić information content (AvgIpc) is 2.84. The third-order valence-electron chi connectivity index (χ3n) is 6.22. The molecular formula is C23H27N7O. The monoisotopic (exact) mass is 417 g/mol. The lowest BCUT2D eigenvalue weighted by atomic mass is 9.96. The van der Waals surface area contributed by atoms with E-state index in [1.807, 2.05) is 23.1 Å². The Morgan fingerprint density at radius 3 is 2.42 bits per heavy atom. The summed E-state index contributed by atoms with van der Waals surface area (Å²) in [6.45, 7) is 2.84. The molecule has 0 unspecified atom stereocenters. The minimum Gasteiger partial charge on any atom is -0.352 e. The van der Waals surface area contributed by atoms with Gasteiger partial charge in [-0.2, -0.15) is 0 Å². The van der Waals surface area contributed by atoms with Crippen LogP contribution in [0.2, 0.25) is 0 Å². The number of nitrogens with zero attached hydrogens (tertiary/aromatic N) is 6. The number of carbonyl (C=O) groups is 1. The van der Waals surface area contributed by atoms with E-state index < -0.39 is 0 Å². The standard InChI is InChI=1S/C23H27N7O/c31-23(26-18-4-2-1-3-5-18)30-14-12-29(13-15-30)22-19-8-11-25-16-20(19)27-21(28-22)17-6-9-24-10-7-17/h6-11,16,18H,1-5,12-15H2,(H,26,31). The maximum absolute atomic E-state index is 12.7. The van der Waals surface area contributed by atoms with Crippen LogP contribution >= 0.6 is 0 Å². The summed E-state index contributed by atoms with van der Waals surface area (Å²) < 4.78 is 0. The molecular weight excluding hydrogens is 390 g/mol. The van der Waals surface area contributed by atoms with E-state index in [0.717, 1.165) is 48.2 Å².